The zero-order valence-electron chi connectivity index (χ0n) is 14.9. The van der Waals surface area contributed by atoms with E-state index in [0.717, 1.165) is 23.3 Å². The summed E-state index contributed by atoms with van der Waals surface area (Å²) in [6.07, 6.45) is -0.986. The van der Waals surface area contributed by atoms with Gasteiger partial charge >= 0.3 is 0 Å². The van der Waals surface area contributed by atoms with E-state index in [2.05, 4.69) is 6.58 Å². The van der Waals surface area contributed by atoms with Gasteiger partial charge in [-0.1, -0.05) is 42.1 Å². The molecule has 2 rings (SSSR count). The maximum absolute atomic E-state index is 14.3. The number of carbonyl (C=O) groups is 1. The minimum atomic E-state index is -1.25. The number of carbonyl (C=O) groups excluding carboxylic acids is 1. The van der Waals surface area contributed by atoms with Crippen LogP contribution in [0.3, 0.4) is 0 Å². The molecule has 8 heteroatoms. The summed E-state index contributed by atoms with van der Waals surface area (Å²) in [5, 5.41) is 12.0. The summed E-state index contributed by atoms with van der Waals surface area (Å²) in [7, 11) is 0. The van der Waals surface area contributed by atoms with Gasteiger partial charge in [-0.15, -0.1) is 0 Å². The minimum absolute atomic E-state index is 0.389. The van der Waals surface area contributed by atoms with E-state index in [1.165, 1.54) is 11.8 Å². The Bertz CT molecular complexity index is 916. The monoisotopic (exact) mass is 425 g/mol. The fraction of sp³-hybridized carbons (Fsp3) is 0.150. The highest BCUT2D eigenvalue weighted by Gasteiger charge is 2.22. The first kappa shape index (κ1) is 21.9. The van der Waals surface area contributed by atoms with E-state index < -0.39 is 41.6 Å². The Morgan fingerprint density at radius 2 is 1.96 bits per heavy atom. The van der Waals surface area contributed by atoms with E-state index in [0.29, 0.717) is 9.93 Å². The first-order chi connectivity index (χ1) is 13.2. The first-order valence-corrected chi connectivity index (χ1v) is 9.33. The van der Waals surface area contributed by atoms with Gasteiger partial charge in [0.05, 0.1) is 6.61 Å². The van der Waals surface area contributed by atoms with Crippen LogP contribution in [0, 0.1) is 11.6 Å². The lowest BCUT2D eigenvalue weighted by Crippen LogP contribution is -2.23. The quantitative estimate of drug-likeness (QED) is 0.639. The number of nitrogens with two attached hydrogens (primary N) is 1. The summed E-state index contributed by atoms with van der Waals surface area (Å²) in [6.45, 7) is 5.22. The Balaban J connectivity index is 2.14. The van der Waals surface area contributed by atoms with Crippen molar-refractivity contribution in [2.24, 2.45) is 5.73 Å². The Hall–Kier alpha value is -2.35. The number of amides is 1. The molecule has 1 atom stereocenters. The lowest BCUT2D eigenvalue weighted by molar-refractivity contribution is 0.0989. The number of aliphatic hydroxyl groups excluding tert-OH is 1. The van der Waals surface area contributed by atoms with Crippen LogP contribution in [0.25, 0.3) is 5.57 Å². The van der Waals surface area contributed by atoms with Gasteiger partial charge < -0.3 is 15.6 Å². The van der Waals surface area contributed by atoms with Crippen molar-refractivity contribution in [3.8, 4) is 5.75 Å². The van der Waals surface area contributed by atoms with Gasteiger partial charge in [0.1, 0.15) is 11.4 Å². The maximum Gasteiger partial charge on any atom is 0.254 e. The summed E-state index contributed by atoms with van der Waals surface area (Å²) < 4.78 is 33.3. The van der Waals surface area contributed by atoms with Crippen LogP contribution >= 0.6 is 23.4 Å². The predicted octanol–water partition coefficient (Wildman–Crippen LogP) is 4.76. The molecular weight excluding hydrogens is 408 g/mol. The minimum Gasteiger partial charge on any atom is -0.480 e. The number of benzene rings is 2. The number of aliphatic hydroxyl groups is 1. The molecule has 0 bridgehead atoms. The van der Waals surface area contributed by atoms with Crippen molar-refractivity contribution in [3.63, 3.8) is 0 Å². The molecule has 2 aromatic carbocycles. The number of hydrogen-bond donors (Lipinski definition) is 2. The van der Waals surface area contributed by atoms with Crippen molar-refractivity contribution in [3.05, 3.63) is 81.1 Å². The molecule has 0 fully saturated rings. The van der Waals surface area contributed by atoms with Gasteiger partial charge in [-0.2, -0.15) is 0 Å². The molecular formula is C20H18ClF2NO3S. The number of rotatable bonds is 8. The number of thioether (sulfide) groups is 1. The third-order valence-corrected chi connectivity index (χ3v) is 5.07. The van der Waals surface area contributed by atoms with Crippen LogP contribution in [-0.2, 0) is 0 Å². The van der Waals surface area contributed by atoms with Crippen LogP contribution in [0.5, 0.6) is 5.75 Å². The van der Waals surface area contributed by atoms with Gasteiger partial charge in [0.25, 0.3) is 5.91 Å². The molecule has 0 aromatic heterocycles. The molecule has 4 nitrogen and oxygen atoms in total. The average molecular weight is 426 g/mol. The topological polar surface area (TPSA) is 72.6 Å². The SMILES string of the molecule is C=C(S/C=C(\C)c1ccc(Cl)cc1)C(CO)Oc1ccc(F)c(C(N)=O)c1F. The second kappa shape index (κ2) is 9.73. The van der Waals surface area contributed by atoms with Crippen LogP contribution in [-0.4, -0.2) is 23.7 Å². The molecule has 0 aliphatic heterocycles. The van der Waals surface area contributed by atoms with E-state index in [1.54, 1.807) is 17.5 Å². The lowest BCUT2D eigenvalue weighted by Gasteiger charge is -2.19. The normalized spacial score (nSPS) is 12.5. The van der Waals surface area contributed by atoms with E-state index in [1.807, 2.05) is 19.1 Å². The smallest absolute Gasteiger partial charge is 0.254 e. The van der Waals surface area contributed by atoms with Gasteiger partial charge in [0.15, 0.2) is 17.7 Å². The van der Waals surface area contributed by atoms with Crippen molar-refractivity contribution in [1.82, 2.24) is 0 Å². The molecule has 3 N–H and O–H groups in total. The Labute approximate surface area is 170 Å². The van der Waals surface area contributed by atoms with Gasteiger partial charge in [0.2, 0.25) is 0 Å². The van der Waals surface area contributed by atoms with Crippen molar-refractivity contribution >= 4 is 34.8 Å². The molecule has 1 amide bonds. The van der Waals surface area contributed by atoms with Gasteiger partial charge in [-0.05, 0) is 47.7 Å². The molecule has 0 saturated heterocycles. The lowest BCUT2D eigenvalue weighted by atomic mass is 10.1. The molecule has 1 unspecified atom stereocenters. The van der Waals surface area contributed by atoms with Crippen molar-refractivity contribution in [1.29, 1.82) is 0 Å². The highest BCUT2D eigenvalue weighted by molar-refractivity contribution is 8.06. The standard InChI is InChI=1S/C20H18ClF2NO3S/c1-11(13-3-5-14(21)6-4-13)10-28-12(2)17(9-25)27-16-8-7-15(22)18(19(16)23)20(24)26/h3-8,10,17,25H,2,9H2,1H3,(H2,24,26)/b11-10+. The Morgan fingerprint density at radius 1 is 1.32 bits per heavy atom. The second-order valence-electron chi connectivity index (χ2n) is 5.78. The predicted molar refractivity (Wildman–Crippen MR) is 108 cm³/mol. The summed E-state index contributed by atoms with van der Waals surface area (Å²) in [6, 6.07) is 9.13. The third kappa shape index (κ3) is 5.34. The van der Waals surface area contributed by atoms with E-state index >= 15 is 0 Å². The average Bonchev–Trinajstić information content (AvgIpc) is 2.65. The van der Waals surface area contributed by atoms with E-state index in [-0.39, 0.29) is 0 Å². The maximum atomic E-state index is 14.3. The van der Waals surface area contributed by atoms with Crippen molar-refractivity contribution < 1.29 is 23.4 Å². The summed E-state index contributed by atoms with van der Waals surface area (Å²) in [4.78, 5) is 11.6. The van der Waals surface area contributed by atoms with Crippen LogP contribution in [0.4, 0.5) is 8.78 Å². The second-order valence-corrected chi connectivity index (χ2v) is 7.21. The number of allylic oxidation sites excluding steroid dienone is 1. The highest BCUT2D eigenvalue weighted by Crippen LogP contribution is 2.30. The summed E-state index contributed by atoms with van der Waals surface area (Å²) in [5.74, 6) is -3.98. The van der Waals surface area contributed by atoms with Gasteiger partial charge in [0, 0.05) is 9.93 Å². The van der Waals surface area contributed by atoms with Crippen molar-refractivity contribution in [2.75, 3.05) is 6.61 Å². The van der Waals surface area contributed by atoms with Crippen LogP contribution < -0.4 is 10.5 Å². The zero-order chi connectivity index (χ0) is 20.8. The zero-order valence-corrected chi connectivity index (χ0v) is 16.5. The Kier molecular flexibility index (Phi) is 7.62. The number of halogens is 3. The number of ether oxygens (including phenoxy) is 1. The summed E-state index contributed by atoms with van der Waals surface area (Å²) >= 11 is 7.06. The molecule has 0 saturated carbocycles. The number of primary amides is 1. The Morgan fingerprint density at radius 3 is 2.54 bits per heavy atom. The fourth-order valence-corrected chi connectivity index (χ4v) is 3.09. The number of hydrogen-bond acceptors (Lipinski definition) is 4. The molecule has 0 heterocycles. The highest BCUT2D eigenvalue weighted by atomic mass is 35.5. The van der Waals surface area contributed by atoms with Crippen LogP contribution in [0.2, 0.25) is 5.02 Å². The van der Waals surface area contributed by atoms with Crippen LogP contribution in [0.1, 0.15) is 22.8 Å². The van der Waals surface area contributed by atoms with E-state index in [9.17, 15) is 18.7 Å². The largest absolute Gasteiger partial charge is 0.480 e. The van der Waals surface area contributed by atoms with E-state index in [4.69, 9.17) is 22.1 Å². The molecule has 0 aliphatic carbocycles. The molecule has 2 aromatic rings. The van der Waals surface area contributed by atoms with Crippen LogP contribution in [0.15, 0.2) is 53.3 Å². The fourth-order valence-electron chi connectivity index (χ4n) is 2.23. The molecule has 28 heavy (non-hydrogen) atoms. The molecule has 148 valence electrons. The first-order valence-electron chi connectivity index (χ1n) is 8.08. The van der Waals surface area contributed by atoms with Crippen molar-refractivity contribution in [2.45, 2.75) is 13.0 Å². The summed E-state index contributed by atoms with van der Waals surface area (Å²) in [5.41, 5.74) is 5.96. The molecule has 0 spiro atoms. The molecule has 0 aliphatic rings. The van der Waals surface area contributed by atoms with Gasteiger partial charge in [-0.3, -0.25) is 4.79 Å². The third-order valence-electron chi connectivity index (χ3n) is 3.78. The van der Waals surface area contributed by atoms with Gasteiger partial charge in [-0.25, -0.2) is 8.78 Å². The molecule has 0 radical (unpaired) electrons.